The molecule has 0 saturated heterocycles. The van der Waals surface area contributed by atoms with E-state index in [0.29, 0.717) is 6.54 Å². The zero-order valence-corrected chi connectivity index (χ0v) is 6.78. The summed E-state index contributed by atoms with van der Waals surface area (Å²) in [5.41, 5.74) is 10.8. The largest absolute Gasteiger partial charge is 0.320 e. The Morgan fingerprint density at radius 3 is 2.10 bits per heavy atom. The monoisotopic (exact) mass is 140 g/mol. The highest BCUT2D eigenvalue weighted by Crippen LogP contribution is 2.08. The van der Waals surface area contributed by atoms with Gasteiger partial charge in [0, 0.05) is 0 Å². The Labute approximate surface area is 63.0 Å². The fourth-order valence-corrected chi connectivity index (χ4v) is 0.654. The van der Waals surface area contributed by atoms with Crippen molar-refractivity contribution in [1.29, 1.82) is 0 Å². The zero-order valence-electron chi connectivity index (χ0n) is 6.78. The molecule has 4 N–H and O–H groups in total. The van der Waals surface area contributed by atoms with Crippen LogP contribution in [0.5, 0.6) is 0 Å². The van der Waals surface area contributed by atoms with Crippen molar-refractivity contribution in [2.24, 2.45) is 11.5 Å². The van der Waals surface area contributed by atoms with E-state index in [-0.39, 0.29) is 5.54 Å². The molecule has 0 radical (unpaired) electrons. The van der Waals surface area contributed by atoms with E-state index in [1.165, 1.54) is 0 Å². The Balaban J connectivity index is 4.05. The number of hydrogen-bond donors (Lipinski definition) is 2. The van der Waals surface area contributed by atoms with Crippen LogP contribution >= 0.6 is 0 Å². The van der Waals surface area contributed by atoms with Crippen molar-refractivity contribution in [2.45, 2.75) is 32.2 Å². The molecule has 0 fully saturated rings. The van der Waals surface area contributed by atoms with Crippen LogP contribution in [0.3, 0.4) is 0 Å². The maximum Gasteiger partial charge on any atom is 0.0771 e. The molecule has 0 rings (SSSR count). The lowest BCUT2D eigenvalue weighted by Crippen LogP contribution is -2.36. The van der Waals surface area contributed by atoms with E-state index in [9.17, 15) is 0 Å². The summed E-state index contributed by atoms with van der Waals surface area (Å²) in [6.45, 7) is 4.47. The van der Waals surface area contributed by atoms with Gasteiger partial charge in [0.15, 0.2) is 0 Å². The summed E-state index contributed by atoms with van der Waals surface area (Å²) in [7, 11) is 0. The van der Waals surface area contributed by atoms with E-state index in [1.807, 2.05) is 13.8 Å². The van der Waals surface area contributed by atoms with E-state index in [1.54, 1.807) is 0 Å². The highest BCUT2D eigenvalue weighted by Gasteiger charge is 2.15. The molecule has 0 aliphatic rings. The first-order valence-corrected chi connectivity index (χ1v) is 3.67. The van der Waals surface area contributed by atoms with Crippen molar-refractivity contribution in [1.82, 2.24) is 0 Å². The van der Waals surface area contributed by atoms with E-state index >= 15 is 0 Å². The number of nitrogens with two attached hydrogens (primary N) is 2. The van der Waals surface area contributed by atoms with Crippen molar-refractivity contribution in [3.05, 3.63) is 0 Å². The molecule has 0 aromatic carbocycles. The molecule has 0 atom stereocenters. The SMILES string of the molecule is CCC(N)(C#CCN)CC. The molecule has 10 heavy (non-hydrogen) atoms. The summed E-state index contributed by atoms with van der Waals surface area (Å²) >= 11 is 0. The van der Waals surface area contributed by atoms with Crippen LogP contribution in [0, 0.1) is 11.8 Å². The normalized spacial score (nSPS) is 10.4. The average Bonchev–Trinajstić information content (AvgIpc) is 2.00. The van der Waals surface area contributed by atoms with Crippen LogP contribution in [0.15, 0.2) is 0 Å². The Kier molecular flexibility index (Phi) is 4.10. The van der Waals surface area contributed by atoms with Crippen molar-refractivity contribution in [3.8, 4) is 11.8 Å². The second-order valence-corrected chi connectivity index (χ2v) is 2.37. The summed E-state index contributed by atoms with van der Waals surface area (Å²) in [6, 6.07) is 0. The van der Waals surface area contributed by atoms with Gasteiger partial charge in [-0.15, -0.1) is 0 Å². The van der Waals surface area contributed by atoms with Crippen LogP contribution in [0.2, 0.25) is 0 Å². The lowest BCUT2D eigenvalue weighted by molar-refractivity contribution is 0.512. The summed E-state index contributed by atoms with van der Waals surface area (Å²) in [4.78, 5) is 0. The molecule has 0 aromatic rings. The van der Waals surface area contributed by atoms with Gasteiger partial charge in [0.25, 0.3) is 0 Å². The summed E-state index contributed by atoms with van der Waals surface area (Å²) in [5.74, 6) is 5.74. The quantitative estimate of drug-likeness (QED) is 0.548. The van der Waals surface area contributed by atoms with Gasteiger partial charge in [0.05, 0.1) is 12.1 Å². The van der Waals surface area contributed by atoms with E-state index in [4.69, 9.17) is 11.5 Å². The number of rotatable bonds is 2. The average molecular weight is 140 g/mol. The van der Waals surface area contributed by atoms with Crippen LogP contribution in [0.4, 0.5) is 0 Å². The Bertz CT molecular complexity index is 137. The first kappa shape index (κ1) is 9.48. The highest BCUT2D eigenvalue weighted by molar-refractivity contribution is 5.16. The molecule has 0 bridgehead atoms. The first-order chi connectivity index (χ1) is 4.68. The van der Waals surface area contributed by atoms with Gasteiger partial charge < -0.3 is 11.5 Å². The lowest BCUT2D eigenvalue weighted by atomic mass is 9.95. The summed E-state index contributed by atoms with van der Waals surface area (Å²) in [5, 5.41) is 0. The number of hydrogen-bond acceptors (Lipinski definition) is 2. The molecule has 2 nitrogen and oxygen atoms in total. The topological polar surface area (TPSA) is 52.0 Å². The Hall–Kier alpha value is -0.520. The molecule has 0 aliphatic carbocycles. The van der Waals surface area contributed by atoms with Crippen molar-refractivity contribution >= 4 is 0 Å². The minimum Gasteiger partial charge on any atom is -0.320 e. The van der Waals surface area contributed by atoms with Crippen LogP contribution in [-0.4, -0.2) is 12.1 Å². The maximum atomic E-state index is 5.85. The van der Waals surface area contributed by atoms with Crippen LogP contribution in [-0.2, 0) is 0 Å². The Morgan fingerprint density at radius 2 is 1.80 bits per heavy atom. The third-order valence-electron chi connectivity index (χ3n) is 1.70. The molecule has 0 aliphatic heterocycles. The van der Waals surface area contributed by atoms with Crippen molar-refractivity contribution in [2.75, 3.05) is 6.54 Å². The molecular weight excluding hydrogens is 124 g/mol. The predicted octanol–water partition coefficient (Wildman–Crippen LogP) is 0.466. The van der Waals surface area contributed by atoms with Gasteiger partial charge in [-0.2, -0.15) is 0 Å². The van der Waals surface area contributed by atoms with Crippen LogP contribution in [0.25, 0.3) is 0 Å². The minimum atomic E-state index is -0.306. The van der Waals surface area contributed by atoms with E-state index in [0.717, 1.165) is 12.8 Å². The van der Waals surface area contributed by atoms with Crippen LogP contribution < -0.4 is 11.5 Å². The molecule has 0 saturated carbocycles. The minimum absolute atomic E-state index is 0.306. The van der Waals surface area contributed by atoms with Gasteiger partial charge in [-0.05, 0) is 12.8 Å². The molecular formula is C8H16N2. The molecule has 0 unspecified atom stereocenters. The molecule has 0 aromatic heterocycles. The molecule has 0 spiro atoms. The zero-order chi connectivity index (χ0) is 8.04. The third kappa shape index (κ3) is 2.86. The molecule has 0 heterocycles. The first-order valence-electron chi connectivity index (χ1n) is 3.67. The lowest BCUT2D eigenvalue weighted by Gasteiger charge is -2.18. The van der Waals surface area contributed by atoms with Gasteiger partial charge in [-0.1, -0.05) is 25.7 Å². The van der Waals surface area contributed by atoms with Gasteiger partial charge in [0.2, 0.25) is 0 Å². The molecule has 2 heteroatoms. The van der Waals surface area contributed by atoms with E-state index in [2.05, 4.69) is 11.8 Å². The highest BCUT2D eigenvalue weighted by atomic mass is 14.7. The van der Waals surface area contributed by atoms with Gasteiger partial charge in [0.1, 0.15) is 0 Å². The van der Waals surface area contributed by atoms with Crippen molar-refractivity contribution < 1.29 is 0 Å². The van der Waals surface area contributed by atoms with Gasteiger partial charge in [-0.3, -0.25) is 0 Å². The smallest absolute Gasteiger partial charge is 0.0771 e. The fourth-order valence-electron chi connectivity index (χ4n) is 0.654. The molecule has 0 amide bonds. The second kappa shape index (κ2) is 4.32. The van der Waals surface area contributed by atoms with Crippen molar-refractivity contribution in [3.63, 3.8) is 0 Å². The maximum absolute atomic E-state index is 5.85. The van der Waals surface area contributed by atoms with Gasteiger partial charge >= 0.3 is 0 Å². The van der Waals surface area contributed by atoms with Gasteiger partial charge in [-0.25, -0.2) is 0 Å². The third-order valence-corrected chi connectivity index (χ3v) is 1.70. The Morgan fingerprint density at radius 1 is 1.30 bits per heavy atom. The van der Waals surface area contributed by atoms with Crippen LogP contribution in [0.1, 0.15) is 26.7 Å². The second-order valence-electron chi connectivity index (χ2n) is 2.37. The standard InChI is InChI=1S/C8H16N2/c1-3-8(10,4-2)6-5-7-9/h3-4,7,9-10H2,1-2H3. The fraction of sp³-hybridized carbons (Fsp3) is 0.750. The predicted molar refractivity (Wildman–Crippen MR) is 44.3 cm³/mol. The summed E-state index contributed by atoms with van der Waals surface area (Å²) < 4.78 is 0. The van der Waals surface area contributed by atoms with E-state index < -0.39 is 0 Å². The molecule has 58 valence electrons. The summed E-state index contributed by atoms with van der Waals surface area (Å²) in [6.07, 6.45) is 1.77.